The number of ether oxygens (including phenoxy) is 1. The van der Waals surface area contributed by atoms with Crippen LogP contribution in [-0.4, -0.2) is 44.8 Å². The van der Waals surface area contributed by atoms with Gasteiger partial charge >= 0.3 is 5.97 Å². The first-order chi connectivity index (χ1) is 12.7. The molecule has 2 aromatic rings. The third-order valence-corrected chi connectivity index (χ3v) is 5.66. The van der Waals surface area contributed by atoms with Crippen molar-refractivity contribution >= 4 is 21.9 Å². The van der Waals surface area contributed by atoms with Crippen LogP contribution < -0.4 is 5.32 Å². The number of sulfonamides is 1. The molecule has 0 aliphatic heterocycles. The van der Waals surface area contributed by atoms with Gasteiger partial charge in [0.1, 0.15) is 0 Å². The van der Waals surface area contributed by atoms with Gasteiger partial charge in [-0.1, -0.05) is 30.3 Å². The molecule has 0 unspecified atom stereocenters. The number of rotatable bonds is 7. The maximum Gasteiger partial charge on any atom is 0.338 e. The van der Waals surface area contributed by atoms with Crippen molar-refractivity contribution in [3.05, 3.63) is 65.7 Å². The summed E-state index contributed by atoms with van der Waals surface area (Å²) >= 11 is 0. The predicted octanol–water partition coefficient (Wildman–Crippen LogP) is 1.80. The second-order valence-corrected chi connectivity index (χ2v) is 8.21. The van der Waals surface area contributed by atoms with E-state index in [9.17, 15) is 18.0 Å². The Hall–Kier alpha value is -2.71. The Labute approximate surface area is 159 Å². The van der Waals surface area contributed by atoms with Crippen molar-refractivity contribution in [3.63, 3.8) is 0 Å². The van der Waals surface area contributed by atoms with Gasteiger partial charge in [-0.25, -0.2) is 17.5 Å². The Morgan fingerprint density at radius 3 is 2.19 bits per heavy atom. The lowest BCUT2D eigenvalue weighted by molar-refractivity contribution is -0.129. The summed E-state index contributed by atoms with van der Waals surface area (Å²) < 4.78 is 30.3. The molecule has 0 heterocycles. The normalized spacial score (nSPS) is 12.4. The Bertz CT molecular complexity index is 893. The number of hydrogen-bond donors (Lipinski definition) is 1. The lowest BCUT2D eigenvalue weighted by Crippen LogP contribution is -2.35. The largest absolute Gasteiger partial charge is 0.449 e. The maximum atomic E-state index is 12.2. The van der Waals surface area contributed by atoms with Crippen molar-refractivity contribution in [1.29, 1.82) is 0 Å². The van der Waals surface area contributed by atoms with Gasteiger partial charge in [0.15, 0.2) is 6.10 Å². The van der Waals surface area contributed by atoms with Crippen LogP contribution in [0.4, 0.5) is 0 Å². The van der Waals surface area contributed by atoms with Crippen LogP contribution in [0.3, 0.4) is 0 Å². The van der Waals surface area contributed by atoms with Crippen LogP contribution in [0, 0.1) is 0 Å². The van der Waals surface area contributed by atoms with Crippen molar-refractivity contribution in [2.75, 3.05) is 14.1 Å². The molecule has 27 heavy (non-hydrogen) atoms. The quantitative estimate of drug-likeness (QED) is 0.728. The number of benzene rings is 2. The molecular weight excluding hydrogens is 368 g/mol. The number of amides is 1. The van der Waals surface area contributed by atoms with E-state index in [0.717, 1.165) is 9.87 Å². The molecule has 0 saturated carbocycles. The van der Waals surface area contributed by atoms with Crippen LogP contribution >= 0.6 is 0 Å². The highest BCUT2D eigenvalue weighted by Crippen LogP contribution is 2.15. The van der Waals surface area contributed by atoms with Crippen LogP contribution in [0.25, 0.3) is 0 Å². The van der Waals surface area contributed by atoms with E-state index in [4.69, 9.17) is 4.74 Å². The molecule has 8 heteroatoms. The van der Waals surface area contributed by atoms with E-state index >= 15 is 0 Å². The van der Waals surface area contributed by atoms with Crippen LogP contribution in [0.2, 0.25) is 0 Å². The molecule has 144 valence electrons. The average Bonchev–Trinajstić information content (AvgIpc) is 2.66. The Balaban J connectivity index is 1.94. The number of nitrogens with zero attached hydrogens (tertiary/aromatic N) is 1. The number of carbonyl (C=O) groups excluding carboxylic acids is 2. The number of hydrogen-bond acceptors (Lipinski definition) is 5. The van der Waals surface area contributed by atoms with Crippen molar-refractivity contribution in [2.45, 2.75) is 24.5 Å². The van der Waals surface area contributed by atoms with E-state index in [1.165, 1.54) is 45.3 Å². The Morgan fingerprint density at radius 2 is 1.63 bits per heavy atom. The molecule has 7 nitrogen and oxygen atoms in total. The average molecular weight is 390 g/mol. The van der Waals surface area contributed by atoms with Crippen LogP contribution in [0.15, 0.2) is 59.5 Å². The third kappa shape index (κ3) is 5.38. The first kappa shape index (κ1) is 20.6. The molecule has 0 aliphatic carbocycles. The Morgan fingerprint density at radius 1 is 1.04 bits per heavy atom. The number of nitrogens with one attached hydrogen (secondary N) is 1. The van der Waals surface area contributed by atoms with Crippen molar-refractivity contribution in [2.24, 2.45) is 0 Å². The second kappa shape index (κ2) is 8.79. The van der Waals surface area contributed by atoms with Crippen LogP contribution in [0.1, 0.15) is 22.8 Å². The zero-order chi connectivity index (χ0) is 20.0. The third-order valence-electron chi connectivity index (χ3n) is 3.83. The van der Waals surface area contributed by atoms with Gasteiger partial charge in [-0.3, -0.25) is 4.79 Å². The monoisotopic (exact) mass is 390 g/mol. The fraction of sp³-hybridized carbons (Fsp3) is 0.263. The summed E-state index contributed by atoms with van der Waals surface area (Å²) in [4.78, 5) is 24.3. The minimum Gasteiger partial charge on any atom is -0.449 e. The predicted molar refractivity (Wildman–Crippen MR) is 100 cm³/mol. The highest BCUT2D eigenvalue weighted by atomic mass is 32.2. The fourth-order valence-electron chi connectivity index (χ4n) is 2.18. The molecule has 0 aliphatic rings. The summed E-state index contributed by atoms with van der Waals surface area (Å²) in [6.45, 7) is 1.81. The van der Waals surface area contributed by atoms with E-state index in [1.807, 2.05) is 30.3 Å². The molecule has 0 saturated heterocycles. The molecule has 2 aromatic carbocycles. The zero-order valence-electron chi connectivity index (χ0n) is 15.4. The van der Waals surface area contributed by atoms with Gasteiger partial charge in [0, 0.05) is 20.6 Å². The van der Waals surface area contributed by atoms with E-state index in [1.54, 1.807) is 0 Å². The number of carbonyl (C=O) groups is 2. The molecule has 0 bridgehead atoms. The smallest absolute Gasteiger partial charge is 0.338 e. The topological polar surface area (TPSA) is 92.8 Å². The van der Waals surface area contributed by atoms with E-state index in [0.29, 0.717) is 6.54 Å². The Kier molecular flexibility index (Phi) is 6.70. The minimum absolute atomic E-state index is 0.0673. The van der Waals surface area contributed by atoms with E-state index < -0.39 is 28.0 Å². The van der Waals surface area contributed by atoms with Crippen LogP contribution in [0.5, 0.6) is 0 Å². The minimum atomic E-state index is -3.57. The molecule has 0 aromatic heterocycles. The summed E-state index contributed by atoms with van der Waals surface area (Å²) in [5.74, 6) is -1.12. The molecular formula is C19H22N2O5S. The first-order valence-corrected chi connectivity index (χ1v) is 9.71. The lowest BCUT2D eigenvalue weighted by atomic mass is 10.2. The van der Waals surface area contributed by atoms with Gasteiger partial charge < -0.3 is 10.1 Å². The summed E-state index contributed by atoms with van der Waals surface area (Å²) in [5.41, 5.74) is 1.09. The highest BCUT2D eigenvalue weighted by Gasteiger charge is 2.21. The standard InChI is InChI=1S/C19H22N2O5S/c1-14(18(22)20-13-15-7-5-4-6-8-15)26-19(23)16-9-11-17(12-10-16)27(24,25)21(2)3/h4-12,14H,13H2,1-3H3,(H,20,22)/t14-/m0/s1. The summed E-state index contributed by atoms with van der Waals surface area (Å²) in [7, 11) is -0.725. The van der Waals surface area contributed by atoms with Gasteiger partial charge in [-0.2, -0.15) is 0 Å². The highest BCUT2D eigenvalue weighted by molar-refractivity contribution is 7.89. The maximum absolute atomic E-state index is 12.2. The van der Waals surface area contributed by atoms with Crippen molar-refractivity contribution in [1.82, 2.24) is 9.62 Å². The lowest BCUT2D eigenvalue weighted by Gasteiger charge is -2.14. The van der Waals surface area contributed by atoms with Crippen molar-refractivity contribution in [3.8, 4) is 0 Å². The van der Waals surface area contributed by atoms with Crippen LogP contribution in [-0.2, 0) is 26.1 Å². The molecule has 0 radical (unpaired) electrons. The molecule has 1 amide bonds. The van der Waals surface area contributed by atoms with Gasteiger partial charge in [0.2, 0.25) is 10.0 Å². The van der Waals surface area contributed by atoms with Gasteiger partial charge in [-0.05, 0) is 36.8 Å². The van der Waals surface area contributed by atoms with Crippen molar-refractivity contribution < 1.29 is 22.7 Å². The van der Waals surface area contributed by atoms with E-state index in [2.05, 4.69) is 5.32 Å². The van der Waals surface area contributed by atoms with Gasteiger partial charge in [0.05, 0.1) is 10.5 Å². The van der Waals surface area contributed by atoms with Gasteiger partial charge in [0.25, 0.3) is 5.91 Å². The summed E-state index contributed by atoms with van der Waals surface area (Å²) in [6, 6.07) is 14.7. The SMILES string of the molecule is C[C@H](OC(=O)c1ccc(S(=O)(=O)N(C)C)cc1)C(=O)NCc1ccccc1. The molecule has 1 atom stereocenters. The second-order valence-electron chi connectivity index (χ2n) is 6.06. The fourth-order valence-corrected chi connectivity index (χ4v) is 3.09. The molecule has 0 fully saturated rings. The number of esters is 1. The zero-order valence-corrected chi connectivity index (χ0v) is 16.2. The molecule has 1 N–H and O–H groups in total. The summed E-state index contributed by atoms with van der Waals surface area (Å²) in [5, 5.41) is 2.70. The molecule has 0 spiro atoms. The first-order valence-electron chi connectivity index (χ1n) is 8.27. The van der Waals surface area contributed by atoms with E-state index in [-0.39, 0.29) is 10.5 Å². The van der Waals surface area contributed by atoms with Gasteiger partial charge in [-0.15, -0.1) is 0 Å². The molecule has 2 rings (SSSR count). The summed E-state index contributed by atoms with van der Waals surface area (Å²) in [6.07, 6.45) is -0.980.